The highest BCUT2D eigenvalue weighted by atomic mass is 31.2. The number of hydrogen-bond acceptors (Lipinski definition) is 5. The molecule has 3 unspecified atom stereocenters. The zero-order valence-electron chi connectivity index (χ0n) is 40.9. The Hall–Kier alpha value is -1.28. The van der Waals surface area contributed by atoms with Gasteiger partial charge in [-0.05, 0) is 57.8 Å². The molecule has 9 heteroatoms. The third-order valence-corrected chi connectivity index (χ3v) is 12.6. The van der Waals surface area contributed by atoms with E-state index >= 15 is 0 Å². The second kappa shape index (κ2) is 43.9. The fourth-order valence-electron chi connectivity index (χ4n) is 7.46. The highest BCUT2D eigenvalue weighted by Gasteiger charge is 2.27. The molecule has 0 aliphatic carbocycles. The molecule has 0 heterocycles. The first-order valence-corrected chi connectivity index (χ1v) is 27.4. The van der Waals surface area contributed by atoms with Crippen molar-refractivity contribution in [1.29, 1.82) is 0 Å². The molecule has 0 spiro atoms. The van der Waals surface area contributed by atoms with E-state index in [4.69, 9.17) is 9.05 Å². The predicted molar refractivity (Wildman–Crippen MR) is 263 cm³/mol. The number of carbonyl (C=O) groups is 1. The molecule has 0 fully saturated rings. The number of unbranched alkanes of at least 4 members (excludes halogenated alkanes) is 30. The van der Waals surface area contributed by atoms with Crippen LogP contribution >= 0.6 is 7.82 Å². The van der Waals surface area contributed by atoms with E-state index in [1.165, 1.54) is 180 Å². The topological polar surface area (TPSA) is 105 Å². The zero-order chi connectivity index (χ0) is 45.0. The molecule has 0 aromatic rings. The summed E-state index contributed by atoms with van der Waals surface area (Å²) >= 11 is 0. The molecule has 0 aromatic heterocycles. The van der Waals surface area contributed by atoms with Gasteiger partial charge in [0.25, 0.3) is 0 Å². The summed E-state index contributed by atoms with van der Waals surface area (Å²) in [5, 5.41) is 13.9. The van der Waals surface area contributed by atoms with Gasteiger partial charge >= 0.3 is 7.82 Å². The normalized spacial score (nSPS) is 14.4. The van der Waals surface area contributed by atoms with Gasteiger partial charge in [0.05, 0.1) is 39.9 Å². The lowest BCUT2D eigenvalue weighted by Crippen LogP contribution is -2.45. The standard InChI is InChI=1S/C52H101N2O6P/c1-6-8-10-12-14-16-18-20-22-24-26-27-28-30-32-34-36-38-40-42-44-46-52(56)53-50(49-60-61(57,58)59-48-47-54(3,4)5)51(55)45-43-41-39-37-35-33-31-29-25-23-21-19-17-15-13-11-9-7-2/h27-28,35,37,43,45,50-51,55H,6-26,29-34,36,38-42,44,46-49H2,1-5H3,(H-,53,56,57,58)/p+1/b28-27-,37-35+,45-43+. The Balaban J connectivity index is 4.35. The Morgan fingerprint density at radius 2 is 0.902 bits per heavy atom. The average Bonchev–Trinajstić information content (AvgIpc) is 3.21. The first kappa shape index (κ1) is 59.7. The molecule has 0 radical (unpaired) electrons. The minimum Gasteiger partial charge on any atom is -0.387 e. The number of nitrogens with one attached hydrogen (secondary N) is 1. The lowest BCUT2D eigenvalue weighted by atomic mass is 10.0. The van der Waals surface area contributed by atoms with Gasteiger partial charge in [-0.1, -0.05) is 211 Å². The number of likely N-dealkylation sites (N-methyl/N-ethyl adjacent to an activating group) is 1. The van der Waals surface area contributed by atoms with Crippen LogP contribution in [0.2, 0.25) is 0 Å². The van der Waals surface area contributed by atoms with Crippen LogP contribution in [-0.2, 0) is 18.4 Å². The minimum absolute atomic E-state index is 0.0557. The third-order valence-electron chi connectivity index (χ3n) is 11.6. The van der Waals surface area contributed by atoms with Crippen LogP contribution in [0.3, 0.4) is 0 Å². The minimum atomic E-state index is -4.35. The van der Waals surface area contributed by atoms with E-state index in [0.29, 0.717) is 17.4 Å². The van der Waals surface area contributed by atoms with Crippen LogP contribution < -0.4 is 5.32 Å². The van der Waals surface area contributed by atoms with Crippen molar-refractivity contribution in [2.24, 2.45) is 0 Å². The van der Waals surface area contributed by atoms with Gasteiger partial charge in [-0.15, -0.1) is 0 Å². The number of phosphoric ester groups is 1. The molecule has 61 heavy (non-hydrogen) atoms. The van der Waals surface area contributed by atoms with Gasteiger partial charge in [0.1, 0.15) is 13.2 Å². The van der Waals surface area contributed by atoms with Crippen LogP contribution in [-0.4, -0.2) is 73.4 Å². The molecule has 0 rings (SSSR count). The van der Waals surface area contributed by atoms with E-state index in [1.807, 2.05) is 27.2 Å². The molecule has 0 aliphatic rings. The van der Waals surface area contributed by atoms with E-state index in [9.17, 15) is 19.4 Å². The van der Waals surface area contributed by atoms with Gasteiger partial charge in [-0.25, -0.2) is 4.57 Å². The van der Waals surface area contributed by atoms with Crippen LogP contribution in [0.4, 0.5) is 0 Å². The Kier molecular flexibility index (Phi) is 43.0. The summed E-state index contributed by atoms with van der Waals surface area (Å²) in [6.07, 6.45) is 55.1. The van der Waals surface area contributed by atoms with E-state index < -0.39 is 20.0 Å². The van der Waals surface area contributed by atoms with Crippen molar-refractivity contribution in [2.75, 3.05) is 40.9 Å². The van der Waals surface area contributed by atoms with Crippen molar-refractivity contribution in [1.82, 2.24) is 5.32 Å². The Morgan fingerprint density at radius 3 is 1.31 bits per heavy atom. The third kappa shape index (κ3) is 46.5. The second-order valence-electron chi connectivity index (χ2n) is 18.9. The lowest BCUT2D eigenvalue weighted by Gasteiger charge is -2.25. The molecule has 360 valence electrons. The van der Waals surface area contributed by atoms with Crippen molar-refractivity contribution in [2.45, 2.75) is 251 Å². The maximum absolute atomic E-state index is 12.9. The maximum atomic E-state index is 12.9. The summed E-state index contributed by atoms with van der Waals surface area (Å²) in [5.41, 5.74) is 0. The summed E-state index contributed by atoms with van der Waals surface area (Å²) in [5.74, 6) is -0.190. The van der Waals surface area contributed by atoms with Crippen LogP contribution in [0.5, 0.6) is 0 Å². The van der Waals surface area contributed by atoms with Crippen LogP contribution in [0.25, 0.3) is 0 Å². The summed E-state index contributed by atoms with van der Waals surface area (Å²) in [7, 11) is 1.56. The Bertz CT molecular complexity index is 1090. The number of carbonyl (C=O) groups excluding carboxylic acids is 1. The van der Waals surface area contributed by atoms with Crippen molar-refractivity contribution >= 4 is 13.7 Å². The maximum Gasteiger partial charge on any atom is 0.472 e. The summed E-state index contributed by atoms with van der Waals surface area (Å²) in [6, 6.07) is -0.864. The molecule has 8 nitrogen and oxygen atoms in total. The fraction of sp³-hybridized carbons (Fsp3) is 0.865. The molecule has 0 aliphatic heterocycles. The van der Waals surface area contributed by atoms with E-state index in [1.54, 1.807) is 6.08 Å². The summed E-state index contributed by atoms with van der Waals surface area (Å²) in [6.45, 7) is 4.81. The highest BCUT2D eigenvalue weighted by molar-refractivity contribution is 7.47. The summed E-state index contributed by atoms with van der Waals surface area (Å²) < 4.78 is 23.6. The van der Waals surface area contributed by atoms with Crippen molar-refractivity contribution < 1.29 is 32.9 Å². The van der Waals surface area contributed by atoms with Crippen molar-refractivity contribution in [3.8, 4) is 0 Å². The van der Waals surface area contributed by atoms with Crippen LogP contribution in [0, 0.1) is 0 Å². The van der Waals surface area contributed by atoms with E-state index in [-0.39, 0.29) is 19.1 Å². The van der Waals surface area contributed by atoms with Crippen molar-refractivity contribution in [3.63, 3.8) is 0 Å². The smallest absolute Gasteiger partial charge is 0.387 e. The number of rotatable bonds is 47. The monoisotopic (exact) mass is 882 g/mol. The van der Waals surface area contributed by atoms with Crippen molar-refractivity contribution in [3.05, 3.63) is 36.5 Å². The number of phosphoric acid groups is 1. The molecule has 0 saturated heterocycles. The van der Waals surface area contributed by atoms with Gasteiger partial charge in [0.2, 0.25) is 5.91 Å². The number of aliphatic hydroxyl groups excluding tert-OH is 1. The van der Waals surface area contributed by atoms with E-state index in [2.05, 4.69) is 43.5 Å². The fourth-order valence-corrected chi connectivity index (χ4v) is 8.20. The van der Waals surface area contributed by atoms with Crippen LogP contribution in [0.1, 0.15) is 239 Å². The number of aliphatic hydroxyl groups is 1. The van der Waals surface area contributed by atoms with E-state index in [0.717, 1.165) is 38.5 Å². The molecule has 3 N–H and O–H groups in total. The Morgan fingerprint density at radius 1 is 0.541 bits per heavy atom. The number of quaternary nitrogens is 1. The van der Waals surface area contributed by atoms with Gasteiger partial charge in [0, 0.05) is 6.42 Å². The van der Waals surface area contributed by atoms with Crippen LogP contribution in [0.15, 0.2) is 36.5 Å². The molecular weight excluding hydrogens is 780 g/mol. The first-order chi connectivity index (χ1) is 29.5. The molecule has 0 aromatic carbocycles. The predicted octanol–water partition coefficient (Wildman–Crippen LogP) is 15.0. The SMILES string of the molecule is CCCCCCCCCCCC/C=C\CCCCCCCCCC(=O)NC(COP(=O)(O)OCC[N+](C)(C)C)C(O)/C=C/CC/C=C/CCCCCCCCCCCCCC. The number of nitrogens with zero attached hydrogens (tertiary/aromatic N) is 1. The zero-order valence-corrected chi connectivity index (χ0v) is 41.8. The molecule has 1 amide bonds. The number of allylic oxidation sites excluding steroid dienone is 5. The Labute approximate surface area is 378 Å². The molecule has 0 saturated carbocycles. The van der Waals surface area contributed by atoms with Gasteiger partial charge in [-0.3, -0.25) is 13.8 Å². The number of amides is 1. The summed E-state index contributed by atoms with van der Waals surface area (Å²) in [4.78, 5) is 23.2. The molecular formula is C52H102N2O6P+. The average molecular weight is 882 g/mol. The van der Waals surface area contributed by atoms with Gasteiger partial charge in [-0.2, -0.15) is 0 Å². The second-order valence-corrected chi connectivity index (χ2v) is 20.3. The quantitative estimate of drug-likeness (QED) is 0.0243. The van der Waals surface area contributed by atoms with Gasteiger partial charge in [0.15, 0.2) is 0 Å². The molecule has 0 bridgehead atoms. The lowest BCUT2D eigenvalue weighted by molar-refractivity contribution is -0.870. The largest absolute Gasteiger partial charge is 0.472 e. The highest BCUT2D eigenvalue weighted by Crippen LogP contribution is 2.43. The molecule has 3 atom stereocenters. The first-order valence-electron chi connectivity index (χ1n) is 25.9. The number of hydrogen-bond donors (Lipinski definition) is 3. The van der Waals surface area contributed by atoms with Gasteiger partial charge < -0.3 is 19.8 Å².